The molecule has 2 aromatic rings. The van der Waals surface area contributed by atoms with E-state index in [2.05, 4.69) is 24.2 Å². The molecule has 2 heterocycles. The zero-order valence-electron chi connectivity index (χ0n) is 13.3. The van der Waals surface area contributed by atoms with Crippen LogP contribution in [0.3, 0.4) is 0 Å². The van der Waals surface area contributed by atoms with Crippen LogP contribution in [0.2, 0.25) is 0 Å². The van der Waals surface area contributed by atoms with E-state index in [4.69, 9.17) is 0 Å². The predicted octanol–water partition coefficient (Wildman–Crippen LogP) is 3.51. The molecule has 4 nitrogen and oxygen atoms in total. The Morgan fingerprint density at radius 3 is 2.73 bits per heavy atom. The number of carbonyl (C=O) groups is 1. The van der Waals surface area contributed by atoms with E-state index in [9.17, 15) is 4.79 Å². The van der Waals surface area contributed by atoms with Gasteiger partial charge in [-0.1, -0.05) is 30.3 Å². The van der Waals surface area contributed by atoms with Crippen molar-refractivity contribution >= 4 is 5.91 Å². The summed E-state index contributed by atoms with van der Waals surface area (Å²) in [6.45, 7) is 4.95. The van der Waals surface area contributed by atoms with Gasteiger partial charge in [0.1, 0.15) is 6.04 Å². The topological polar surface area (TPSA) is 38.1 Å². The Morgan fingerprint density at radius 2 is 2.00 bits per heavy atom. The van der Waals surface area contributed by atoms with Gasteiger partial charge in [-0.15, -0.1) is 0 Å². The fourth-order valence-corrected chi connectivity index (χ4v) is 3.11. The maximum atomic E-state index is 12.7. The Labute approximate surface area is 131 Å². The standard InChI is InChI=1S/C18H23N3O/c1-14-8-6-7-11-20(14)18(22)15(2)21-13-17(12-19-21)16-9-4-3-5-10-16/h3-5,9-10,12-15H,6-8,11H2,1-2H3. The van der Waals surface area contributed by atoms with Gasteiger partial charge in [-0.05, 0) is 38.7 Å². The van der Waals surface area contributed by atoms with E-state index in [1.165, 1.54) is 6.42 Å². The lowest BCUT2D eigenvalue weighted by molar-refractivity contribution is -0.137. The molecule has 1 saturated heterocycles. The number of piperidine rings is 1. The number of rotatable bonds is 3. The normalized spacial score (nSPS) is 19.9. The molecule has 22 heavy (non-hydrogen) atoms. The molecule has 1 aromatic carbocycles. The minimum absolute atomic E-state index is 0.176. The Bertz CT molecular complexity index is 635. The lowest BCUT2D eigenvalue weighted by atomic mass is 10.0. The van der Waals surface area contributed by atoms with Gasteiger partial charge in [0, 0.05) is 24.3 Å². The Kier molecular flexibility index (Phi) is 4.27. The molecule has 2 unspecified atom stereocenters. The second-order valence-electron chi connectivity index (χ2n) is 6.13. The number of nitrogens with zero attached hydrogens (tertiary/aromatic N) is 3. The molecular formula is C18H23N3O. The van der Waals surface area contributed by atoms with Crippen molar-refractivity contribution in [3.05, 3.63) is 42.7 Å². The zero-order valence-corrected chi connectivity index (χ0v) is 13.3. The molecule has 0 saturated carbocycles. The smallest absolute Gasteiger partial charge is 0.247 e. The first-order valence-electron chi connectivity index (χ1n) is 8.07. The summed E-state index contributed by atoms with van der Waals surface area (Å²) >= 11 is 0. The van der Waals surface area contributed by atoms with Gasteiger partial charge in [0.2, 0.25) is 5.91 Å². The largest absolute Gasteiger partial charge is 0.338 e. The van der Waals surface area contributed by atoms with Crippen LogP contribution in [0.4, 0.5) is 0 Å². The molecule has 1 fully saturated rings. The molecule has 4 heteroatoms. The van der Waals surface area contributed by atoms with Gasteiger partial charge in [0.25, 0.3) is 0 Å². The molecule has 2 atom stereocenters. The van der Waals surface area contributed by atoms with E-state index in [1.54, 1.807) is 4.68 Å². The molecule has 0 aliphatic carbocycles. The third-order valence-electron chi connectivity index (χ3n) is 4.55. The molecule has 0 spiro atoms. The molecule has 1 aromatic heterocycles. The van der Waals surface area contributed by atoms with Crippen LogP contribution < -0.4 is 0 Å². The van der Waals surface area contributed by atoms with Crippen molar-refractivity contribution in [3.63, 3.8) is 0 Å². The van der Waals surface area contributed by atoms with Crippen molar-refractivity contribution in [2.75, 3.05) is 6.54 Å². The van der Waals surface area contributed by atoms with Gasteiger partial charge in [-0.3, -0.25) is 9.48 Å². The monoisotopic (exact) mass is 297 g/mol. The highest BCUT2D eigenvalue weighted by Gasteiger charge is 2.28. The third-order valence-corrected chi connectivity index (χ3v) is 4.55. The van der Waals surface area contributed by atoms with Crippen LogP contribution >= 0.6 is 0 Å². The van der Waals surface area contributed by atoms with E-state index in [1.807, 2.05) is 42.4 Å². The molecule has 0 N–H and O–H groups in total. The SMILES string of the molecule is CC1CCCCN1C(=O)C(C)n1cc(-c2ccccc2)cn1. The number of aromatic nitrogens is 2. The summed E-state index contributed by atoms with van der Waals surface area (Å²) in [5.74, 6) is 0.176. The van der Waals surface area contributed by atoms with Gasteiger partial charge in [0.15, 0.2) is 0 Å². The molecule has 1 aliphatic rings. The maximum Gasteiger partial charge on any atom is 0.247 e. The average Bonchev–Trinajstić information content (AvgIpc) is 3.05. The second kappa shape index (κ2) is 6.34. The summed E-state index contributed by atoms with van der Waals surface area (Å²) in [5.41, 5.74) is 2.17. The van der Waals surface area contributed by atoms with Crippen LogP contribution in [-0.4, -0.2) is 33.2 Å². The fourth-order valence-electron chi connectivity index (χ4n) is 3.11. The Morgan fingerprint density at radius 1 is 1.23 bits per heavy atom. The second-order valence-corrected chi connectivity index (χ2v) is 6.13. The van der Waals surface area contributed by atoms with E-state index in [0.29, 0.717) is 6.04 Å². The molecule has 0 radical (unpaired) electrons. The van der Waals surface area contributed by atoms with Crippen LogP contribution in [0.1, 0.15) is 39.2 Å². The number of hydrogen-bond donors (Lipinski definition) is 0. The highest BCUT2D eigenvalue weighted by atomic mass is 16.2. The predicted molar refractivity (Wildman–Crippen MR) is 87.4 cm³/mol. The Balaban J connectivity index is 1.76. The van der Waals surface area contributed by atoms with Gasteiger partial charge in [0.05, 0.1) is 6.20 Å². The van der Waals surface area contributed by atoms with Gasteiger partial charge < -0.3 is 4.90 Å². The fraction of sp³-hybridized carbons (Fsp3) is 0.444. The first-order chi connectivity index (χ1) is 10.7. The van der Waals surface area contributed by atoms with Crippen molar-refractivity contribution in [1.29, 1.82) is 0 Å². The number of benzene rings is 1. The van der Waals surface area contributed by atoms with Gasteiger partial charge in [-0.25, -0.2) is 0 Å². The minimum atomic E-state index is -0.252. The van der Waals surface area contributed by atoms with Crippen LogP contribution in [0.25, 0.3) is 11.1 Å². The summed E-state index contributed by atoms with van der Waals surface area (Å²) in [5, 5.41) is 4.40. The Hall–Kier alpha value is -2.10. The van der Waals surface area contributed by atoms with Crippen LogP contribution in [-0.2, 0) is 4.79 Å². The summed E-state index contributed by atoms with van der Waals surface area (Å²) in [7, 11) is 0. The van der Waals surface area contributed by atoms with Crippen molar-refractivity contribution < 1.29 is 4.79 Å². The molecular weight excluding hydrogens is 274 g/mol. The van der Waals surface area contributed by atoms with E-state index in [0.717, 1.165) is 30.5 Å². The lowest BCUT2D eigenvalue weighted by Crippen LogP contribution is -2.45. The van der Waals surface area contributed by atoms with Crippen LogP contribution in [0.5, 0.6) is 0 Å². The molecule has 0 bridgehead atoms. The van der Waals surface area contributed by atoms with Crippen molar-refractivity contribution in [3.8, 4) is 11.1 Å². The first-order valence-corrected chi connectivity index (χ1v) is 8.07. The zero-order chi connectivity index (χ0) is 15.5. The highest BCUT2D eigenvalue weighted by Crippen LogP contribution is 2.23. The summed E-state index contributed by atoms with van der Waals surface area (Å²) in [4.78, 5) is 14.7. The van der Waals surface area contributed by atoms with Gasteiger partial charge >= 0.3 is 0 Å². The molecule has 1 amide bonds. The lowest BCUT2D eigenvalue weighted by Gasteiger charge is -2.35. The molecule has 3 rings (SSSR count). The number of carbonyl (C=O) groups excluding carboxylic acids is 1. The van der Waals surface area contributed by atoms with Crippen molar-refractivity contribution in [1.82, 2.24) is 14.7 Å². The summed E-state index contributed by atoms with van der Waals surface area (Å²) < 4.78 is 1.78. The van der Waals surface area contributed by atoms with E-state index < -0.39 is 0 Å². The van der Waals surface area contributed by atoms with E-state index in [-0.39, 0.29) is 11.9 Å². The average molecular weight is 297 g/mol. The highest BCUT2D eigenvalue weighted by molar-refractivity contribution is 5.80. The van der Waals surface area contributed by atoms with Crippen molar-refractivity contribution in [2.45, 2.75) is 45.2 Å². The van der Waals surface area contributed by atoms with Crippen LogP contribution in [0.15, 0.2) is 42.7 Å². The number of likely N-dealkylation sites (tertiary alicyclic amines) is 1. The number of amides is 1. The van der Waals surface area contributed by atoms with Crippen molar-refractivity contribution in [2.24, 2.45) is 0 Å². The van der Waals surface area contributed by atoms with Crippen LogP contribution in [0, 0.1) is 0 Å². The maximum absolute atomic E-state index is 12.7. The summed E-state index contributed by atoms with van der Waals surface area (Å²) in [6, 6.07) is 10.2. The molecule has 116 valence electrons. The number of hydrogen-bond acceptors (Lipinski definition) is 2. The van der Waals surface area contributed by atoms with Gasteiger partial charge in [-0.2, -0.15) is 5.10 Å². The summed E-state index contributed by atoms with van der Waals surface area (Å²) in [6.07, 6.45) is 7.23. The molecule has 1 aliphatic heterocycles. The quantitative estimate of drug-likeness (QED) is 0.869. The van der Waals surface area contributed by atoms with E-state index >= 15 is 0 Å². The first kappa shape index (κ1) is 14.8. The third kappa shape index (κ3) is 2.91. The minimum Gasteiger partial charge on any atom is -0.338 e.